The molecule has 0 amide bonds. The van der Waals surface area contributed by atoms with E-state index in [1.807, 2.05) is 42.5 Å². The van der Waals surface area contributed by atoms with Crippen molar-refractivity contribution >= 4 is 0 Å². The van der Waals surface area contributed by atoms with Crippen molar-refractivity contribution in [3.63, 3.8) is 0 Å². The number of phenolic OH excluding ortho intramolecular Hbond substituents is 1. The SMILES string of the molecule is CCCCCCC(C)(C)c1ccc(-c2ccccc2)c(O)c1. The lowest BCUT2D eigenvalue weighted by atomic mass is 9.79. The summed E-state index contributed by atoms with van der Waals surface area (Å²) in [5, 5.41) is 10.4. The third kappa shape index (κ3) is 4.13. The van der Waals surface area contributed by atoms with Gasteiger partial charge in [0.2, 0.25) is 0 Å². The maximum absolute atomic E-state index is 10.4. The fourth-order valence-electron chi connectivity index (χ4n) is 2.95. The zero-order valence-corrected chi connectivity index (χ0v) is 14.1. The van der Waals surface area contributed by atoms with Gasteiger partial charge in [-0.15, -0.1) is 0 Å². The normalized spacial score (nSPS) is 11.6. The number of hydrogen-bond donors (Lipinski definition) is 1. The molecule has 22 heavy (non-hydrogen) atoms. The number of rotatable bonds is 7. The number of benzene rings is 2. The van der Waals surface area contributed by atoms with Crippen LogP contribution in [0.4, 0.5) is 0 Å². The molecule has 0 aliphatic rings. The van der Waals surface area contributed by atoms with Gasteiger partial charge >= 0.3 is 0 Å². The molecule has 0 spiro atoms. The van der Waals surface area contributed by atoms with Crippen LogP contribution in [0.2, 0.25) is 0 Å². The van der Waals surface area contributed by atoms with Gasteiger partial charge in [-0.25, -0.2) is 0 Å². The van der Waals surface area contributed by atoms with Crippen LogP contribution in [0.3, 0.4) is 0 Å². The zero-order chi connectivity index (χ0) is 16.0. The molecule has 0 saturated heterocycles. The number of aromatic hydroxyl groups is 1. The topological polar surface area (TPSA) is 20.2 Å². The Morgan fingerprint density at radius 2 is 1.64 bits per heavy atom. The lowest BCUT2D eigenvalue weighted by molar-refractivity contribution is 0.438. The molecule has 2 rings (SSSR count). The summed E-state index contributed by atoms with van der Waals surface area (Å²) in [5.74, 6) is 0.380. The molecule has 0 radical (unpaired) electrons. The Balaban J connectivity index is 2.14. The van der Waals surface area contributed by atoms with Gasteiger partial charge in [0, 0.05) is 5.56 Å². The molecule has 1 N–H and O–H groups in total. The van der Waals surface area contributed by atoms with Crippen LogP contribution in [0.5, 0.6) is 5.75 Å². The van der Waals surface area contributed by atoms with Gasteiger partial charge in [-0.3, -0.25) is 0 Å². The largest absolute Gasteiger partial charge is 0.507 e. The van der Waals surface area contributed by atoms with E-state index < -0.39 is 0 Å². The van der Waals surface area contributed by atoms with Gasteiger partial charge in [0.15, 0.2) is 0 Å². The summed E-state index contributed by atoms with van der Waals surface area (Å²) < 4.78 is 0. The van der Waals surface area contributed by atoms with E-state index in [1.165, 1.54) is 31.2 Å². The van der Waals surface area contributed by atoms with Crippen LogP contribution < -0.4 is 0 Å². The number of unbranched alkanes of at least 4 members (excludes halogenated alkanes) is 3. The zero-order valence-electron chi connectivity index (χ0n) is 14.1. The first-order chi connectivity index (χ1) is 10.5. The molecule has 0 saturated carbocycles. The minimum absolute atomic E-state index is 0.112. The van der Waals surface area contributed by atoms with Crippen LogP contribution >= 0.6 is 0 Å². The molecule has 118 valence electrons. The van der Waals surface area contributed by atoms with Crippen molar-refractivity contribution in [2.45, 2.75) is 58.3 Å². The quantitative estimate of drug-likeness (QED) is 0.594. The van der Waals surface area contributed by atoms with Crippen LogP contribution in [0.15, 0.2) is 48.5 Å². The molecule has 0 heterocycles. The summed E-state index contributed by atoms with van der Waals surface area (Å²) in [5.41, 5.74) is 3.31. The summed E-state index contributed by atoms with van der Waals surface area (Å²) in [4.78, 5) is 0. The van der Waals surface area contributed by atoms with Gasteiger partial charge < -0.3 is 5.11 Å². The van der Waals surface area contributed by atoms with E-state index in [0.29, 0.717) is 5.75 Å². The Labute approximate surface area is 135 Å². The Kier molecular flexibility index (Phi) is 5.65. The Hall–Kier alpha value is -1.76. The van der Waals surface area contributed by atoms with Crippen molar-refractivity contribution in [2.24, 2.45) is 0 Å². The highest BCUT2D eigenvalue weighted by Crippen LogP contribution is 2.36. The van der Waals surface area contributed by atoms with E-state index >= 15 is 0 Å². The summed E-state index contributed by atoms with van der Waals surface area (Å²) in [6, 6.07) is 16.2. The highest BCUT2D eigenvalue weighted by atomic mass is 16.3. The fraction of sp³-hybridized carbons (Fsp3) is 0.429. The van der Waals surface area contributed by atoms with Gasteiger partial charge in [-0.05, 0) is 29.0 Å². The minimum Gasteiger partial charge on any atom is -0.507 e. The molecule has 2 aromatic rings. The van der Waals surface area contributed by atoms with Crippen LogP contribution in [0, 0.1) is 0 Å². The summed E-state index contributed by atoms with van der Waals surface area (Å²) >= 11 is 0. The van der Waals surface area contributed by atoms with Crippen molar-refractivity contribution in [3.05, 3.63) is 54.1 Å². The lowest BCUT2D eigenvalue weighted by Crippen LogP contribution is -2.16. The molecule has 2 aromatic carbocycles. The molecule has 0 atom stereocenters. The molecule has 1 nitrogen and oxygen atoms in total. The fourth-order valence-corrected chi connectivity index (χ4v) is 2.95. The molecular weight excluding hydrogens is 268 g/mol. The van der Waals surface area contributed by atoms with Crippen molar-refractivity contribution in [3.8, 4) is 16.9 Å². The second-order valence-electron chi connectivity index (χ2n) is 6.79. The Bertz CT molecular complexity index is 584. The summed E-state index contributed by atoms with van der Waals surface area (Å²) in [6.07, 6.45) is 6.30. The molecule has 0 aromatic heterocycles. The Morgan fingerprint density at radius 3 is 2.27 bits per heavy atom. The monoisotopic (exact) mass is 296 g/mol. The number of hydrogen-bond acceptors (Lipinski definition) is 1. The second-order valence-corrected chi connectivity index (χ2v) is 6.79. The van der Waals surface area contributed by atoms with Gasteiger partial charge in [0.25, 0.3) is 0 Å². The second kappa shape index (κ2) is 7.49. The first-order valence-electron chi connectivity index (χ1n) is 8.43. The third-order valence-corrected chi connectivity index (χ3v) is 4.52. The van der Waals surface area contributed by atoms with Crippen LogP contribution in [0.25, 0.3) is 11.1 Å². The van der Waals surface area contributed by atoms with E-state index in [2.05, 4.69) is 26.8 Å². The average Bonchev–Trinajstić information content (AvgIpc) is 2.52. The van der Waals surface area contributed by atoms with Crippen LogP contribution in [-0.2, 0) is 5.41 Å². The lowest BCUT2D eigenvalue weighted by Gasteiger charge is -2.26. The standard InChI is InChI=1S/C21H28O/c1-4-5-6-10-15-21(2,3)18-13-14-19(20(22)16-18)17-11-8-7-9-12-17/h7-9,11-14,16,22H,4-6,10,15H2,1-3H3. The van der Waals surface area contributed by atoms with E-state index in [-0.39, 0.29) is 5.41 Å². The first-order valence-corrected chi connectivity index (χ1v) is 8.43. The maximum Gasteiger partial charge on any atom is 0.123 e. The minimum atomic E-state index is 0.112. The van der Waals surface area contributed by atoms with Gasteiger partial charge in [0.05, 0.1) is 0 Å². The maximum atomic E-state index is 10.4. The van der Waals surface area contributed by atoms with Crippen molar-refractivity contribution in [1.29, 1.82) is 0 Å². The van der Waals surface area contributed by atoms with Crippen LogP contribution in [0.1, 0.15) is 58.4 Å². The van der Waals surface area contributed by atoms with Crippen molar-refractivity contribution in [2.75, 3.05) is 0 Å². The van der Waals surface area contributed by atoms with Crippen molar-refractivity contribution in [1.82, 2.24) is 0 Å². The molecule has 1 heteroatoms. The molecule has 0 fully saturated rings. The van der Waals surface area contributed by atoms with Gasteiger partial charge in [0.1, 0.15) is 5.75 Å². The van der Waals surface area contributed by atoms with E-state index in [0.717, 1.165) is 17.5 Å². The molecule has 0 bridgehead atoms. The molecule has 0 unspecified atom stereocenters. The van der Waals surface area contributed by atoms with E-state index in [9.17, 15) is 5.11 Å². The summed E-state index contributed by atoms with van der Waals surface area (Å²) in [6.45, 7) is 6.79. The van der Waals surface area contributed by atoms with E-state index in [1.54, 1.807) is 0 Å². The summed E-state index contributed by atoms with van der Waals surface area (Å²) in [7, 11) is 0. The Morgan fingerprint density at radius 1 is 0.909 bits per heavy atom. The third-order valence-electron chi connectivity index (χ3n) is 4.52. The molecule has 0 aliphatic heterocycles. The smallest absolute Gasteiger partial charge is 0.123 e. The molecular formula is C21H28O. The van der Waals surface area contributed by atoms with E-state index in [4.69, 9.17) is 0 Å². The predicted octanol–water partition coefficient (Wildman–Crippen LogP) is 6.31. The van der Waals surface area contributed by atoms with Crippen LogP contribution in [-0.4, -0.2) is 5.11 Å². The van der Waals surface area contributed by atoms with Gasteiger partial charge in [-0.2, -0.15) is 0 Å². The first kappa shape index (κ1) is 16.6. The number of phenols is 1. The highest BCUT2D eigenvalue weighted by molar-refractivity contribution is 5.70. The highest BCUT2D eigenvalue weighted by Gasteiger charge is 2.21. The molecule has 0 aliphatic carbocycles. The predicted molar refractivity (Wildman–Crippen MR) is 95.3 cm³/mol. The average molecular weight is 296 g/mol. The van der Waals surface area contributed by atoms with Crippen molar-refractivity contribution < 1.29 is 5.11 Å². The van der Waals surface area contributed by atoms with Gasteiger partial charge in [-0.1, -0.05) is 88.9 Å².